The SMILES string of the molecule is CCC1CCC(=O)CC(=O)C=Cc2cc(OC)c(O)cc2Cc2cnc(N)c(c2)C(c2cccc(O)c2)SSC1. The number of phenolic OH excluding ortho intramolecular Hbond substituents is 2. The van der Waals surface area contributed by atoms with E-state index in [2.05, 4.69) is 11.9 Å². The van der Waals surface area contributed by atoms with Gasteiger partial charge >= 0.3 is 0 Å². The average Bonchev–Trinajstić information content (AvgIpc) is 2.93. The van der Waals surface area contributed by atoms with E-state index in [0.717, 1.165) is 40.8 Å². The lowest BCUT2D eigenvalue weighted by Crippen LogP contribution is -2.10. The van der Waals surface area contributed by atoms with Crippen LogP contribution >= 0.6 is 21.6 Å². The second-order valence-corrected chi connectivity index (χ2v) is 12.4. The van der Waals surface area contributed by atoms with E-state index in [1.807, 2.05) is 18.2 Å². The van der Waals surface area contributed by atoms with Gasteiger partial charge in [-0.15, -0.1) is 0 Å². The van der Waals surface area contributed by atoms with Crippen LogP contribution in [0.2, 0.25) is 0 Å². The number of rotatable bonds is 3. The molecule has 7 nitrogen and oxygen atoms in total. The van der Waals surface area contributed by atoms with E-state index in [1.165, 1.54) is 13.2 Å². The number of phenols is 2. The molecule has 4 rings (SSSR count). The first-order valence-corrected chi connectivity index (χ1v) is 15.6. The maximum absolute atomic E-state index is 12.6. The van der Waals surface area contributed by atoms with Crippen molar-refractivity contribution in [3.63, 3.8) is 0 Å². The standard InChI is InChI=1S/C31H34N2O5S2/c1-3-19-7-9-25(35)16-26(36)10-8-21-15-29(38-2)28(37)14-23(21)11-20-12-27(31(32)33-17-20)30(40-39-18-19)22-5-4-6-24(34)13-22/h4-6,8,10,12-15,17,19,30,34,37H,3,7,9,11,16,18H2,1-2H3,(H2,32,33). The van der Waals surface area contributed by atoms with Crippen molar-refractivity contribution in [2.75, 3.05) is 18.6 Å². The summed E-state index contributed by atoms with van der Waals surface area (Å²) in [6.45, 7) is 2.11. The Balaban J connectivity index is 1.79. The van der Waals surface area contributed by atoms with Gasteiger partial charge in [0.15, 0.2) is 17.3 Å². The smallest absolute Gasteiger partial charge is 0.163 e. The van der Waals surface area contributed by atoms with Gasteiger partial charge in [-0.1, -0.05) is 53.1 Å². The van der Waals surface area contributed by atoms with E-state index in [1.54, 1.807) is 58.1 Å². The van der Waals surface area contributed by atoms with Gasteiger partial charge in [-0.25, -0.2) is 4.98 Å². The van der Waals surface area contributed by atoms with E-state index in [4.69, 9.17) is 10.5 Å². The third-order valence-corrected chi connectivity index (χ3v) is 9.85. The Hall–Kier alpha value is -3.43. The number of nitrogens with zero attached hydrogens (tertiary/aromatic N) is 1. The molecule has 40 heavy (non-hydrogen) atoms. The van der Waals surface area contributed by atoms with E-state index >= 15 is 0 Å². The summed E-state index contributed by atoms with van der Waals surface area (Å²) in [5.41, 5.74) is 10.5. The lowest BCUT2D eigenvalue weighted by molar-refractivity contribution is -0.124. The molecule has 0 spiro atoms. The third-order valence-electron chi connectivity index (χ3n) is 6.99. The lowest BCUT2D eigenvalue weighted by atomic mass is 9.96. The topological polar surface area (TPSA) is 123 Å². The molecule has 2 bridgehead atoms. The van der Waals surface area contributed by atoms with Gasteiger partial charge in [0.1, 0.15) is 17.4 Å². The van der Waals surface area contributed by atoms with Gasteiger partial charge in [-0.3, -0.25) is 9.59 Å². The molecule has 3 aromatic rings. The zero-order valence-electron chi connectivity index (χ0n) is 22.6. The predicted molar refractivity (Wildman–Crippen MR) is 163 cm³/mol. The minimum absolute atomic E-state index is 0.0167. The molecule has 2 atom stereocenters. The van der Waals surface area contributed by atoms with Crippen LogP contribution in [0.1, 0.15) is 65.7 Å². The number of pyridine rings is 1. The Bertz CT molecular complexity index is 1410. The number of nitrogen functional groups attached to an aromatic ring is 1. The van der Waals surface area contributed by atoms with Gasteiger partial charge < -0.3 is 20.7 Å². The number of allylic oxidation sites excluding steroid dienone is 1. The summed E-state index contributed by atoms with van der Waals surface area (Å²) >= 11 is 0. The summed E-state index contributed by atoms with van der Waals surface area (Å²) in [7, 11) is 4.83. The maximum Gasteiger partial charge on any atom is 0.163 e. The summed E-state index contributed by atoms with van der Waals surface area (Å²) in [6.07, 6.45) is 7.07. The van der Waals surface area contributed by atoms with Crippen molar-refractivity contribution in [1.29, 1.82) is 0 Å². The molecule has 0 amide bonds. The number of methoxy groups -OCH3 is 1. The number of carbonyl (C=O) groups excluding carboxylic acids is 2. The maximum atomic E-state index is 12.6. The molecule has 2 aromatic carbocycles. The Labute approximate surface area is 242 Å². The molecule has 4 N–H and O–H groups in total. The molecule has 0 fully saturated rings. The molecule has 0 saturated heterocycles. The van der Waals surface area contributed by atoms with E-state index < -0.39 is 0 Å². The highest BCUT2D eigenvalue weighted by atomic mass is 33.1. The fourth-order valence-electron chi connectivity index (χ4n) is 4.64. The highest BCUT2D eigenvalue weighted by Crippen LogP contribution is 2.46. The summed E-state index contributed by atoms with van der Waals surface area (Å²) in [5.74, 6) is 1.68. The third kappa shape index (κ3) is 7.61. The fraction of sp³-hybridized carbons (Fsp3) is 0.323. The summed E-state index contributed by atoms with van der Waals surface area (Å²) < 4.78 is 5.30. The van der Waals surface area contributed by atoms with Crippen LogP contribution in [0.25, 0.3) is 6.08 Å². The van der Waals surface area contributed by atoms with Gasteiger partial charge in [0.05, 0.1) is 18.8 Å². The molecule has 210 valence electrons. The van der Waals surface area contributed by atoms with E-state index in [0.29, 0.717) is 30.1 Å². The molecule has 0 saturated carbocycles. The molecule has 1 aliphatic rings. The van der Waals surface area contributed by atoms with E-state index in [-0.39, 0.29) is 40.5 Å². The Morgan fingerprint density at radius 2 is 1.93 bits per heavy atom. The van der Waals surface area contributed by atoms with Crippen LogP contribution in [0.15, 0.2) is 54.7 Å². The molecular formula is C31H34N2O5S2. The molecular weight excluding hydrogens is 544 g/mol. The highest BCUT2D eigenvalue weighted by molar-refractivity contribution is 8.76. The second kappa shape index (κ2) is 13.8. The largest absolute Gasteiger partial charge is 0.508 e. The first kappa shape index (κ1) is 29.6. The van der Waals surface area contributed by atoms with Crippen LogP contribution in [0, 0.1) is 5.92 Å². The highest BCUT2D eigenvalue weighted by Gasteiger charge is 2.22. The predicted octanol–water partition coefficient (Wildman–Crippen LogP) is 6.51. The van der Waals surface area contributed by atoms with Crippen molar-refractivity contribution in [3.8, 4) is 17.2 Å². The van der Waals surface area contributed by atoms with Gasteiger partial charge in [0.2, 0.25) is 0 Å². The number of hydrogen-bond donors (Lipinski definition) is 3. The molecule has 2 unspecified atom stereocenters. The number of aromatic nitrogens is 1. The molecule has 0 radical (unpaired) electrons. The first-order chi connectivity index (χ1) is 19.3. The van der Waals surface area contributed by atoms with Crippen molar-refractivity contribution >= 4 is 45.0 Å². The number of nitrogens with two attached hydrogens (primary N) is 1. The summed E-state index contributed by atoms with van der Waals surface area (Å²) in [6, 6.07) is 12.5. The van der Waals surface area contributed by atoms with Crippen molar-refractivity contribution < 1.29 is 24.5 Å². The zero-order valence-corrected chi connectivity index (χ0v) is 24.3. The van der Waals surface area contributed by atoms with Crippen LogP contribution in [0.3, 0.4) is 0 Å². The first-order valence-electron chi connectivity index (χ1n) is 13.2. The quantitative estimate of drug-likeness (QED) is 0.236. The lowest BCUT2D eigenvalue weighted by Gasteiger charge is -2.21. The van der Waals surface area contributed by atoms with Gasteiger partial charge in [-0.05, 0) is 77.4 Å². The summed E-state index contributed by atoms with van der Waals surface area (Å²) in [4.78, 5) is 29.7. The van der Waals surface area contributed by atoms with E-state index in [9.17, 15) is 19.8 Å². The number of anilines is 1. The summed E-state index contributed by atoms with van der Waals surface area (Å²) in [5, 5.41) is 20.5. The second-order valence-electron chi connectivity index (χ2n) is 9.90. The van der Waals surface area contributed by atoms with Crippen LogP contribution < -0.4 is 10.5 Å². The number of fused-ring (bicyclic) bond motifs is 3. The average molecular weight is 579 g/mol. The van der Waals surface area contributed by atoms with Crippen molar-refractivity contribution in [3.05, 3.63) is 82.6 Å². The van der Waals surface area contributed by atoms with Crippen LogP contribution in [-0.2, 0) is 16.0 Å². The molecule has 0 aliphatic carbocycles. The fourth-order valence-corrected chi connectivity index (χ4v) is 7.86. The number of ketones is 2. The number of carbonyl (C=O) groups is 2. The van der Waals surface area contributed by atoms with Crippen LogP contribution in [0.5, 0.6) is 17.2 Å². The Morgan fingerprint density at radius 3 is 2.67 bits per heavy atom. The van der Waals surface area contributed by atoms with Gasteiger partial charge in [-0.2, -0.15) is 0 Å². The Morgan fingerprint density at radius 1 is 1.10 bits per heavy atom. The van der Waals surface area contributed by atoms with Crippen molar-refractivity contribution in [1.82, 2.24) is 4.98 Å². The number of benzene rings is 2. The zero-order chi connectivity index (χ0) is 28.6. The minimum Gasteiger partial charge on any atom is -0.508 e. The van der Waals surface area contributed by atoms with Gasteiger partial charge in [0, 0.05) is 23.9 Å². The van der Waals surface area contributed by atoms with Crippen LogP contribution in [-0.4, -0.2) is 39.6 Å². The number of Topliss-reactive ketones (excluding diaryl/α,β-unsaturated/α-hetero) is 1. The van der Waals surface area contributed by atoms with Crippen LogP contribution in [0.4, 0.5) is 5.82 Å². The van der Waals surface area contributed by atoms with Crippen molar-refractivity contribution in [2.45, 2.75) is 44.3 Å². The normalized spacial score (nSPS) is 18.9. The molecule has 1 aromatic heterocycles. The monoisotopic (exact) mass is 578 g/mol. The minimum atomic E-state index is -0.257. The number of hydrogen-bond acceptors (Lipinski definition) is 9. The molecule has 1 aliphatic heterocycles. The molecule has 2 heterocycles. The van der Waals surface area contributed by atoms with Crippen molar-refractivity contribution in [2.24, 2.45) is 5.92 Å². The number of aromatic hydroxyl groups is 2. The number of ether oxygens (including phenoxy) is 1. The van der Waals surface area contributed by atoms with Gasteiger partial charge in [0.25, 0.3) is 0 Å². The Kier molecular flexibility index (Phi) is 10.2. The molecule has 9 heteroatoms.